The number of pyridine rings is 1. The second-order valence-corrected chi connectivity index (χ2v) is 5.66. The zero-order valence-corrected chi connectivity index (χ0v) is 11.1. The molecule has 2 heterocycles. The number of aliphatic hydroxyl groups excluding tert-OH is 3. The molecule has 4 atom stereocenters. The van der Waals surface area contributed by atoms with Gasteiger partial charge in [-0.15, -0.1) is 11.8 Å². The van der Waals surface area contributed by atoms with Crippen molar-refractivity contribution in [3.8, 4) is 5.75 Å². The van der Waals surface area contributed by atoms with Gasteiger partial charge in [-0.05, 0) is 22.0 Å². The fraction of sp³-hybridized carbons (Fsp3) is 0.500. The second-order valence-electron chi connectivity index (χ2n) is 3.67. The molecule has 1 aromatic rings. The first-order valence-electron chi connectivity index (χ1n) is 5.01. The number of aromatic nitrogens is 1. The third-order valence-electron chi connectivity index (χ3n) is 2.43. The van der Waals surface area contributed by atoms with Gasteiger partial charge in [0.1, 0.15) is 12.2 Å². The molecule has 0 bridgehead atoms. The molecule has 0 spiro atoms. The van der Waals surface area contributed by atoms with Gasteiger partial charge in [-0.2, -0.15) is 0 Å². The van der Waals surface area contributed by atoms with Crippen LogP contribution in [0.3, 0.4) is 0 Å². The molecule has 1 aliphatic rings. The Morgan fingerprint density at radius 2 is 2.12 bits per heavy atom. The van der Waals surface area contributed by atoms with Gasteiger partial charge in [0.15, 0.2) is 11.2 Å². The molecule has 1 fully saturated rings. The van der Waals surface area contributed by atoms with Crippen LogP contribution in [0.5, 0.6) is 5.75 Å². The molecule has 2 rings (SSSR count). The van der Waals surface area contributed by atoms with Crippen LogP contribution < -0.4 is 4.74 Å². The number of hydrogen-bond donors (Lipinski definition) is 3. The average Bonchev–Trinajstić information content (AvgIpc) is 2.32. The Kier molecular flexibility index (Phi) is 4.26. The Balaban J connectivity index is 2.07. The van der Waals surface area contributed by atoms with Crippen LogP contribution in [0.25, 0.3) is 0 Å². The molecule has 0 unspecified atom stereocenters. The molecule has 0 saturated carbocycles. The highest BCUT2D eigenvalue weighted by Gasteiger charge is 2.38. The molecule has 0 aliphatic carbocycles. The summed E-state index contributed by atoms with van der Waals surface area (Å²) in [5.41, 5.74) is -0.617. The normalized spacial score (nSPS) is 33.4. The Labute approximate surface area is 111 Å². The van der Waals surface area contributed by atoms with Gasteiger partial charge in [0.25, 0.3) is 0 Å². The van der Waals surface area contributed by atoms with Crippen molar-refractivity contribution >= 4 is 27.7 Å². The largest absolute Gasteiger partial charge is 0.474 e. The number of nitrogens with zero attached hydrogens (tertiary/aromatic N) is 1. The first-order chi connectivity index (χ1) is 8.09. The van der Waals surface area contributed by atoms with Crippen LogP contribution >= 0.6 is 27.7 Å². The molecule has 3 N–H and O–H groups in total. The maximum absolute atomic E-state index is 9.77. The molecule has 1 aliphatic heterocycles. The van der Waals surface area contributed by atoms with Crippen LogP contribution in [-0.4, -0.2) is 49.8 Å². The van der Waals surface area contributed by atoms with Crippen LogP contribution in [-0.2, 0) is 0 Å². The van der Waals surface area contributed by atoms with Gasteiger partial charge < -0.3 is 20.1 Å². The molecule has 5 nitrogen and oxygen atoms in total. The Morgan fingerprint density at radius 3 is 2.82 bits per heavy atom. The molecule has 0 aromatic carbocycles. The van der Waals surface area contributed by atoms with Gasteiger partial charge in [-0.25, -0.2) is 0 Å². The molecule has 0 amide bonds. The third-order valence-corrected chi connectivity index (χ3v) is 4.32. The van der Waals surface area contributed by atoms with Crippen LogP contribution in [0.15, 0.2) is 22.9 Å². The SMILES string of the molecule is O[C@@H]1[C@@H](O)[C@@H](Oc2cnccc2Br)SC[C@H]1O. The van der Waals surface area contributed by atoms with Crippen molar-refractivity contribution in [3.63, 3.8) is 0 Å². The summed E-state index contributed by atoms with van der Waals surface area (Å²) in [7, 11) is 0. The smallest absolute Gasteiger partial charge is 0.173 e. The van der Waals surface area contributed by atoms with Crippen LogP contribution in [0, 0.1) is 0 Å². The van der Waals surface area contributed by atoms with E-state index in [2.05, 4.69) is 20.9 Å². The predicted octanol–water partition coefficient (Wildman–Crippen LogP) is 0.378. The number of aliphatic hydroxyl groups is 3. The lowest BCUT2D eigenvalue weighted by molar-refractivity contribution is -0.0787. The number of halogens is 1. The highest BCUT2D eigenvalue weighted by molar-refractivity contribution is 9.10. The standard InChI is InChI=1S/C10H12BrNO4S/c11-5-1-2-12-3-7(5)16-10-9(15)8(14)6(13)4-17-10/h1-3,6,8-10,13-15H,4H2/t6-,8+,9-,10+/m1/s1. The minimum Gasteiger partial charge on any atom is -0.474 e. The van der Waals surface area contributed by atoms with Crippen LogP contribution in [0.1, 0.15) is 0 Å². The second kappa shape index (κ2) is 5.53. The lowest BCUT2D eigenvalue weighted by Gasteiger charge is -2.34. The van der Waals surface area contributed by atoms with Crippen molar-refractivity contribution in [1.29, 1.82) is 0 Å². The van der Waals surface area contributed by atoms with Gasteiger partial charge >= 0.3 is 0 Å². The van der Waals surface area contributed by atoms with E-state index in [1.807, 2.05) is 0 Å². The molecule has 94 valence electrons. The fourth-order valence-electron chi connectivity index (χ4n) is 1.46. The van der Waals surface area contributed by atoms with E-state index in [1.54, 1.807) is 12.3 Å². The third kappa shape index (κ3) is 2.92. The number of ether oxygens (including phenoxy) is 1. The van der Waals surface area contributed by atoms with E-state index in [1.165, 1.54) is 18.0 Å². The molecule has 7 heteroatoms. The molecule has 0 radical (unpaired) electrons. The predicted molar refractivity (Wildman–Crippen MR) is 66.8 cm³/mol. The summed E-state index contributed by atoms with van der Waals surface area (Å²) in [6.07, 6.45) is -0.103. The van der Waals surface area contributed by atoms with Gasteiger partial charge in [-0.1, -0.05) is 0 Å². The minimum atomic E-state index is -1.18. The van der Waals surface area contributed by atoms with E-state index in [4.69, 9.17) is 4.74 Å². The van der Waals surface area contributed by atoms with Crippen molar-refractivity contribution in [1.82, 2.24) is 4.98 Å². The maximum atomic E-state index is 9.77. The summed E-state index contributed by atoms with van der Waals surface area (Å²) in [4.78, 5) is 3.91. The van der Waals surface area contributed by atoms with E-state index in [9.17, 15) is 15.3 Å². The Bertz CT molecular complexity index is 394. The summed E-state index contributed by atoms with van der Waals surface area (Å²) in [5, 5.41) is 28.7. The summed E-state index contributed by atoms with van der Waals surface area (Å²) < 4.78 is 6.27. The quantitative estimate of drug-likeness (QED) is 0.730. The van der Waals surface area contributed by atoms with Crippen molar-refractivity contribution < 1.29 is 20.1 Å². The minimum absolute atomic E-state index is 0.320. The van der Waals surface area contributed by atoms with E-state index in [0.717, 1.165) is 4.47 Å². The average molecular weight is 322 g/mol. The van der Waals surface area contributed by atoms with E-state index in [0.29, 0.717) is 11.5 Å². The first kappa shape index (κ1) is 13.1. The fourth-order valence-corrected chi connectivity index (χ4v) is 2.89. The number of thioether (sulfide) groups is 1. The lowest BCUT2D eigenvalue weighted by atomic mass is 10.1. The maximum Gasteiger partial charge on any atom is 0.173 e. The monoisotopic (exact) mass is 321 g/mol. The van der Waals surface area contributed by atoms with Crippen molar-refractivity contribution in [2.45, 2.75) is 23.7 Å². The van der Waals surface area contributed by atoms with Gasteiger partial charge in [0.2, 0.25) is 0 Å². The summed E-state index contributed by atoms with van der Waals surface area (Å²) in [5.74, 6) is 0.813. The zero-order valence-electron chi connectivity index (χ0n) is 8.73. The van der Waals surface area contributed by atoms with Gasteiger partial charge in [0.05, 0.1) is 16.8 Å². The molecular weight excluding hydrogens is 310 g/mol. The van der Waals surface area contributed by atoms with Crippen LogP contribution in [0.4, 0.5) is 0 Å². The van der Waals surface area contributed by atoms with Crippen molar-refractivity contribution in [2.24, 2.45) is 0 Å². The molecule has 1 saturated heterocycles. The van der Waals surface area contributed by atoms with E-state index < -0.39 is 23.7 Å². The number of rotatable bonds is 2. The molecule has 1 aromatic heterocycles. The number of hydrogen-bond acceptors (Lipinski definition) is 6. The topological polar surface area (TPSA) is 82.8 Å². The highest BCUT2D eigenvalue weighted by atomic mass is 79.9. The zero-order chi connectivity index (χ0) is 12.4. The van der Waals surface area contributed by atoms with Crippen molar-refractivity contribution in [3.05, 3.63) is 22.9 Å². The molecular formula is C10H12BrNO4S. The highest BCUT2D eigenvalue weighted by Crippen LogP contribution is 2.31. The lowest BCUT2D eigenvalue weighted by Crippen LogP contribution is -2.50. The van der Waals surface area contributed by atoms with Crippen molar-refractivity contribution in [2.75, 3.05) is 5.75 Å². The van der Waals surface area contributed by atoms with Gasteiger partial charge in [0, 0.05) is 11.9 Å². The Hall–Kier alpha value is -0.340. The van der Waals surface area contributed by atoms with Crippen LogP contribution in [0.2, 0.25) is 0 Å². The summed E-state index contributed by atoms with van der Waals surface area (Å²) in [6, 6.07) is 1.72. The Morgan fingerprint density at radius 1 is 1.35 bits per heavy atom. The first-order valence-corrected chi connectivity index (χ1v) is 6.85. The summed E-state index contributed by atoms with van der Waals surface area (Å²) in [6.45, 7) is 0. The van der Waals surface area contributed by atoms with E-state index >= 15 is 0 Å². The summed E-state index contributed by atoms with van der Waals surface area (Å²) >= 11 is 4.56. The van der Waals surface area contributed by atoms with E-state index in [-0.39, 0.29) is 0 Å². The molecule has 17 heavy (non-hydrogen) atoms. The van der Waals surface area contributed by atoms with Gasteiger partial charge in [-0.3, -0.25) is 4.98 Å².